The van der Waals surface area contributed by atoms with Gasteiger partial charge >= 0.3 is 0 Å². The summed E-state index contributed by atoms with van der Waals surface area (Å²) in [4.78, 5) is 0.0484. The van der Waals surface area contributed by atoms with Gasteiger partial charge < -0.3 is 11.5 Å². The first-order valence-corrected chi connectivity index (χ1v) is 10.9. The van der Waals surface area contributed by atoms with E-state index in [2.05, 4.69) is 47.1 Å². The van der Waals surface area contributed by atoms with Gasteiger partial charge in [0.05, 0.1) is 4.90 Å². The fraction of sp³-hybridized carbons (Fsp3) is 0.182. The number of rotatable bonds is 6. The van der Waals surface area contributed by atoms with E-state index in [0.717, 1.165) is 29.9 Å². The Bertz CT molecular complexity index is 1110. The van der Waals surface area contributed by atoms with Crippen LogP contribution in [-0.2, 0) is 22.9 Å². The van der Waals surface area contributed by atoms with Gasteiger partial charge in [-0.3, -0.25) is 0 Å². The predicted octanol–water partition coefficient (Wildman–Crippen LogP) is 2.72. The van der Waals surface area contributed by atoms with Gasteiger partial charge in [-0.25, -0.2) is 0 Å². The zero-order chi connectivity index (χ0) is 21.0. The molecular formula is C22H25N4O2S+. The standard InChI is InChI=1S/C22H25N4O2S/c1-3-18-14-17(16-8-6-5-7-9-16)15-19(4-2)26(18)20-10-12-21(13-11-20)29(27,28)25-22(23)24/h5-15H,3-4H2,1-2H3,(H4,23,24,25)/q+1. The van der Waals surface area contributed by atoms with Crippen molar-refractivity contribution in [2.45, 2.75) is 31.6 Å². The van der Waals surface area contributed by atoms with Crippen molar-refractivity contribution in [1.82, 2.24) is 0 Å². The molecule has 29 heavy (non-hydrogen) atoms. The Morgan fingerprint density at radius 1 is 0.862 bits per heavy atom. The summed E-state index contributed by atoms with van der Waals surface area (Å²) in [6, 6.07) is 21.2. The summed E-state index contributed by atoms with van der Waals surface area (Å²) in [5, 5.41) is 0. The van der Waals surface area contributed by atoms with E-state index in [1.165, 1.54) is 23.3 Å². The van der Waals surface area contributed by atoms with E-state index in [1.54, 1.807) is 12.1 Å². The Hall–Kier alpha value is -3.19. The van der Waals surface area contributed by atoms with Gasteiger partial charge in [0.2, 0.25) is 11.6 Å². The number of aryl methyl sites for hydroxylation is 2. The summed E-state index contributed by atoms with van der Waals surface area (Å²) in [6.07, 6.45) is 1.67. The minimum Gasteiger partial charge on any atom is -0.369 e. The molecule has 0 aliphatic carbocycles. The molecule has 0 aliphatic rings. The van der Waals surface area contributed by atoms with Gasteiger partial charge in [0.15, 0.2) is 11.4 Å². The molecular weight excluding hydrogens is 384 g/mol. The molecule has 0 aliphatic heterocycles. The average molecular weight is 410 g/mol. The molecule has 0 saturated carbocycles. The third-order valence-corrected chi connectivity index (χ3v) is 5.99. The Balaban J connectivity index is 2.10. The van der Waals surface area contributed by atoms with E-state index in [1.807, 2.05) is 18.2 Å². The van der Waals surface area contributed by atoms with Crippen LogP contribution in [0.2, 0.25) is 0 Å². The molecule has 0 amide bonds. The molecule has 0 bridgehead atoms. The van der Waals surface area contributed by atoms with E-state index < -0.39 is 16.0 Å². The molecule has 3 aromatic rings. The molecule has 3 rings (SSSR count). The second kappa shape index (κ2) is 8.45. The molecule has 0 atom stereocenters. The van der Waals surface area contributed by atoms with Crippen molar-refractivity contribution in [3.63, 3.8) is 0 Å². The van der Waals surface area contributed by atoms with Crippen molar-refractivity contribution in [3.05, 3.63) is 78.1 Å². The minimum absolute atomic E-state index is 0.0484. The fourth-order valence-electron chi connectivity index (χ4n) is 3.32. The van der Waals surface area contributed by atoms with Crippen molar-refractivity contribution in [2.75, 3.05) is 0 Å². The number of nitrogens with zero attached hydrogens (tertiary/aromatic N) is 2. The lowest BCUT2D eigenvalue weighted by atomic mass is 10.0. The summed E-state index contributed by atoms with van der Waals surface area (Å²) in [5.41, 5.74) is 16.0. The van der Waals surface area contributed by atoms with Crippen molar-refractivity contribution in [1.29, 1.82) is 0 Å². The third kappa shape index (κ3) is 4.46. The van der Waals surface area contributed by atoms with Crippen LogP contribution >= 0.6 is 0 Å². The first-order chi connectivity index (χ1) is 13.9. The number of hydrogen-bond acceptors (Lipinski definition) is 2. The maximum absolute atomic E-state index is 12.2. The number of guanidine groups is 1. The molecule has 6 nitrogen and oxygen atoms in total. The lowest BCUT2D eigenvalue weighted by Crippen LogP contribution is -2.40. The van der Waals surface area contributed by atoms with Crippen LogP contribution in [0.1, 0.15) is 25.2 Å². The second-order valence-corrected chi connectivity index (χ2v) is 8.22. The molecule has 1 aromatic heterocycles. The van der Waals surface area contributed by atoms with E-state index in [4.69, 9.17) is 11.5 Å². The highest BCUT2D eigenvalue weighted by Crippen LogP contribution is 2.22. The lowest BCUT2D eigenvalue weighted by molar-refractivity contribution is -0.612. The fourth-order valence-corrected chi connectivity index (χ4v) is 4.19. The normalized spacial score (nSPS) is 11.2. The Labute approximate surface area is 171 Å². The van der Waals surface area contributed by atoms with Gasteiger partial charge in [-0.1, -0.05) is 44.2 Å². The quantitative estimate of drug-likeness (QED) is 0.371. The molecule has 2 aromatic carbocycles. The third-order valence-electron chi connectivity index (χ3n) is 4.67. The predicted molar refractivity (Wildman–Crippen MR) is 115 cm³/mol. The highest BCUT2D eigenvalue weighted by atomic mass is 32.2. The molecule has 0 spiro atoms. The van der Waals surface area contributed by atoms with E-state index in [-0.39, 0.29) is 4.90 Å². The van der Waals surface area contributed by atoms with Crippen LogP contribution < -0.4 is 16.0 Å². The van der Waals surface area contributed by atoms with Gasteiger partial charge in [-0.15, -0.1) is 4.40 Å². The molecule has 7 heteroatoms. The molecule has 0 fully saturated rings. The Morgan fingerprint density at radius 3 is 1.90 bits per heavy atom. The number of benzene rings is 2. The first kappa shape index (κ1) is 20.5. The zero-order valence-electron chi connectivity index (χ0n) is 16.5. The van der Waals surface area contributed by atoms with Gasteiger partial charge in [0, 0.05) is 37.1 Å². The van der Waals surface area contributed by atoms with Crippen LogP contribution in [0, 0.1) is 0 Å². The summed E-state index contributed by atoms with van der Waals surface area (Å²) in [7, 11) is -3.90. The van der Waals surface area contributed by atoms with E-state index >= 15 is 0 Å². The second-order valence-electron chi connectivity index (χ2n) is 6.62. The minimum atomic E-state index is -3.90. The van der Waals surface area contributed by atoms with Gasteiger partial charge in [0.25, 0.3) is 10.0 Å². The maximum Gasteiger partial charge on any atom is 0.285 e. The summed E-state index contributed by atoms with van der Waals surface area (Å²) in [5.74, 6) is -0.485. The summed E-state index contributed by atoms with van der Waals surface area (Å²) < 4.78 is 29.9. The van der Waals surface area contributed by atoms with Crippen molar-refractivity contribution in [2.24, 2.45) is 15.9 Å². The molecule has 150 valence electrons. The summed E-state index contributed by atoms with van der Waals surface area (Å²) >= 11 is 0. The lowest BCUT2D eigenvalue weighted by Gasteiger charge is -2.10. The topological polar surface area (TPSA) is 102 Å². The van der Waals surface area contributed by atoms with Crippen LogP contribution in [0.3, 0.4) is 0 Å². The monoisotopic (exact) mass is 409 g/mol. The van der Waals surface area contributed by atoms with Crippen LogP contribution in [0.5, 0.6) is 0 Å². The van der Waals surface area contributed by atoms with Gasteiger partial charge in [0.1, 0.15) is 0 Å². The van der Waals surface area contributed by atoms with Crippen LogP contribution in [-0.4, -0.2) is 14.4 Å². The first-order valence-electron chi connectivity index (χ1n) is 9.45. The smallest absolute Gasteiger partial charge is 0.285 e. The largest absolute Gasteiger partial charge is 0.369 e. The molecule has 0 radical (unpaired) electrons. The molecule has 0 saturated heterocycles. The highest BCUT2D eigenvalue weighted by molar-refractivity contribution is 7.90. The number of sulfonamides is 1. The Kier molecular flexibility index (Phi) is 5.98. The SMILES string of the molecule is CCc1cc(-c2ccccc2)cc(CC)[n+]1-c1ccc(S(=O)(=O)N=C(N)N)cc1. The average Bonchev–Trinajstić information content (AvgIpc) is 2.72. The van der Waals surface area contributed by atoms with Gasteiger partial charge in [-0.2, -0.15) is 13.0 Å². The number of pyridine rings is 1. The maximum atomic E-state index is 12.2. The number of nitrogens with two attached hydrogens (primary N) is 2. The molecule has 0 unspecified atom stereocenters. The highest BCUT2D eigenvalue weighted by Gasteiger charge is 2.21. The van der Waals surface area contributed by atoms with Crippen LogP contribution in [0.15, 0.2) is 76.0 Å². The van der Waals surface area contributed by atoms with E-state index in [0.29, 0.717) is 0 Å². The molecule has 4 N–H and O–H groups in total. The van der Waals surface area contributed by atoms with Crippen LogP contribution in [0.4, 0.5) is 0 Å². The van der Waals surface area contributed by atoms with E-state index in [9.17, 15) is 8.42 Å². The Morgan fingerprint density at radius 2 is 1.41 bits per heavy atom. The zero-order valence-corrected chi connectivity index (χ0v) is 17.4. The van der Waals surface area contributed by atoms with Crippen molar-refractivity contribution in [3.8, 4) is 16.8 Å². The summed E-state index contributed by atoms with van der Waals surface area (Å²) in [6.45, 7) is 4.22. The number of aromatic nitrogens is 1. The van der Waals surface area contributed by atoms with Crippen molar-refractivity contribution >= 4 is 16.0 Å². The van der Waals surface area contributed by atoms with Crippen molar-refractivity contribution < 1.29 is 13.0 Å². The molecule has 1 heterocycles. The van der Waals surface area contributed by atoms with Crippen LogP contribution in [0.25, 0.3) is 16.8 Å². The number of hydrogen-bond donors (Lipinski definition) is 2. The van der Waals surface area contributed by atoms with Gasteiger partial charge in [-0.05, 0) is 23.3 Å².